The predicted octanol–water partition coefficient (Wildman–Crippen LogP) is 2.51. The molecule has 0 saturated carbocycles. The minimum absolute atomic E-state index is 0.115. The molecule has 1 aliphatic heterocycles. The molecule has 8 nitrogen and oxygen atoms in total. The third kappa shape index (κ3) is 9.27. The topological polar surface area (TPSA) is 97.0 Å². The number of nitrogens with one attached hydrogen (secondary N) is 2. The highest BCUT2D eigenvalue weighted by atomic mass is 16.6. The fourth-order valence-corrected chi connectivity index (χ4v) is 3.41. The monoisotopic (exact) mass is 433 g/mol. The van der Waals surface area contributed by atoms with Crippen molar-refractivity contribution in [3.05, 3.63) is 29.8 Å². The second-order valence-corrected chi connectivity index (χ2v) is 8.84. The lowest BCUT2D eigenvalue weighted by Gasteiger charge is -2.32. The maximum Gasteiger partial charge on any atom is 0.408 e. The number of aryl methyl sites for hydroxylation is 1. The molecule has 0 bridgehead atoms. The van der Waals surface area contributed by atoms with Crippen molar-refractivity contribution in [3.63, 3.8) is 0 Å². The number of rotatable bonds is 8. The van der Waals surface area contributed by atoms with E-state index in [0.717, 1.165) is 24.2 Å². The Labute approximate surface area is 184 Å². The largest absolute Gasteiger partial charge is 0.497 e. The molecule has 0 aromatic heterocycles. The lowest BCUT2D eigenvalue weighted by molar-refractivity contribution is -0.132. The third-order valence-electron chi connectivity index (χ3n) is 5.11. The Morgan fingerprint density at radius 3 is 2.48 bits per heavy atom. The number of hydrogen-bond donors (Lipinski definition) is 2. The van der Waals surface area contributed by atoms with Gasteiger partial charge in [-0.05, 0) is 63.6 Å². The molecule has 8 heteroatoms. The molecule has 1 fully saturated rings. The second-order valence-electron chi connectivity index (χ2n) is 8.84. The van der Waals surface area contributed by atoms with Crippen LogP contribution in [0, 0.1) is 5.92 Å². The van der Waals surface area contributed by atoms with Crippen molar-refractivity contribution < 1.29 is 23.9 Å². The van der Waals surface area contributed by atoms with Gasteiger partial charge in [-0.25, -0.2) is 4.79 Å². The van der Waals surface area contributed by atoms with Crippen LogP contribution in [0.4, 0.5) is 4.79 Å². The van der Waals surface area contributed by atoms with Crippen LogP contribution < -0.4 is 15.4 Å². The molecule has 1 aromatic carbocycles. The maximum absolute atomic E-state index is 12.5. The summed E-state index contributed by atoms with van der Waals surface area (Å²) in [7, 11) is 1.63. The Hall–Kier alpha value is -2.77. The van der Waals surface area contributed by atoms with Crippen LogP contribution in [0.1, 0.15) is 45.6 Å². The van der Waals surface area contributed by atoms with Gasteiger partial charge < -0.3 is 25.0 Å². The van der Waals surface area contributed by atoms with E-state index in [4.69, 9.17) is 9.47 Å². The first kappa shape index (κ1) is 24.5. The van der Waals surface area contributed by atoms with Crippen molar-refractivity contribution in [1.29, 1.82) is 0 Å². The highest BCUT2D eigenvalue weighted by Crippen LogP contribution is 2.19. The Bertz CT molecular complexity index is 752. The van der Waals surface area contributed by atoms with E-state index in [1.807, 2.05) is 29.2 Å². The van der Waals surface area contributed by atoms with Gasteiger partial charge >= 0.3 is 6.09 Å². The molecular weight excluding hydrogens is 398 g/mol. The van der Waals surface area contributed by atoms with E-state index in [9.17, 15) is 14.4 Å². The fourth-order valence-electron chi connectivity index (χ4n) is 3.41. The highest BCUT2D eigenvalue weighted by Gasteiger charge is 2.23. The number of methoxy groups -OCH3 is 1. The quantitative estimate of drug-likeness (QED) is 0.657. The van der Waals surface area contributed by atoms with Crippen molar-refractivity contribution >= 4 is 17.9 Å². The van der Waals surface area contributed by atoms with E-state index in [0.29, 0.717) is 38.4 Å². The van der Waals surface area contributed by atoms with Crippen LogP contribution in [0.5, 0.6) is 5.75 Å². The minimum atomic E-state index is -0.608. The molecule has 1 saturated heterocycles. The van der Waals surface area contributed by atoms with Gasteiger partial charge in [0.2, 0.25) is 11.8 Å². The van der Waals surface area contributed by atoms with Gasteiger partial charge in [-0.2, -0.15) is 0 Å². The predicted molar refractivity (Wildman–Crippen MR) is 118 cm³/mol. The summed E-state index contributed by atoms with van der Waals surface area (Å²) in [4.78, 5) is 38.0. The van der Waals surface area contributed by atoms with E-state index in [2.05, 4.69) is 10.6 Å². The van der Waals surface area contributed by atoms with Crippen LogP contribution in [-0.2, 0) is 20.7 Å². The number of hydrogen-bond acceptors (Lipinski definition) is 5. The highest BCUT2D eigenvalue weighted by molar-refractivity contribution is 5.82. The number of piperidine rings is 1. The van der Waals surface area contributed by atoms with E-state index < -0.39 is 11.7 Å². The van der Waals surface area contributed by atoms with Gasteiger partial charge in [-0.15, -0.1) is 0 Å². The zero-order valence-corrected chi connectivity index (χ0v) is 19.0. The maximum atomic E-state index is 12.5. The first-order valence-corrected chi connectivity index (χ1v) is 10.8. The third-order valence-corrected chi connectivity index (χ3v) is 5.11. The van der Waals surface area contributed by atoms with Crippen LogP contribution in [0.15, 0.2) is 24.3 Å². The Balaban J connectivity index is 1.62. The zero-order valence-electron chi connectivity index (χ0n) is 19.0. The van der Waals surface area contributed by atoms with Gasteiger partial charge in [0.25, 0.3) is 0 Å². The van der Waals surface area contributed by atoms with Crippen LogP contribution in [-0.4, -0.2) is 61.7 Å². The van der Waals surface area contributed by atoms with Gasteiger partial charge in [0, 0.05) is 26.1 Å². The van der Waals surface area contributed by atoms with Crippen LogP contribution >= 0.6 is 0 Å². The molecule has 1 heterocycles. The van der Waals surface area contributed by atoms with E-state index in [1.165, 1.54) is 0 Å². The van der Waals surface area contributed by atoms with Crippen molar-refractivity contribution in [3.8, 4) is 5.75 Å². The SMILES string of the molecule is COc1cccc(CCC(=O)N2CCC(CNC(=O)CNC(=O)OC(C)(C)C)CC2)c1. The standard InChI is InChI=1S/C23H35N3O5/c1-23(2,3)31-22(29)25-16-20(27)24-15-18-10-12-26(13-11-18)21(28)9-8-17-6-5-7-19(14-17)30-4/h5-7,14,18H,8-13,15-16H2,1-4H3,(H,24,27)(H,25,29). The molecule has 2 rings (SSSR count). The first-order chi connectivity index (χ1) is 14.7. The molecule has 0 spiro atoms. The molecule has 172 valence electrons. The fraction of sp³-hybridized carbons (Fsp3) is 0.609. The van der Waals surface area contributed by atoms with Gasteiger partial charge in [0.1, 0.15) is 11.4 Å². The number of nitrogens with zero attached hydrogens (tertiary/aromatic N) is 1. The normalized spacial score (nSPS) is 14.6. The number of carbonyl (C=O) groups is 3. The second kappa shape index (κ2) is 11.6. The molecule has 0 unspecified atom stereocenters. The molecule has 0 atom stereocenters. The summed E-state index contributed by atoms with van der Waals surface area (Å²) in [6.07, 6.45) is 2.26. The Morgan fingerprint density at radius 2 is 1.84 bits per heavy atom. The average Bonchev–Trinajstić information content (AvgIpc) is 2.74. The van der Waals surface area contributed by atoms with Gasteiger partial charge in [0.05, 0.1) is 13.7 Å². The number of benzene rings is 1. The summed E-state index contributed by atoms with van der Waals surface area (Å²) in [5.41, 5.74) is 0.491. The molecule has 31 heavy (non-hydrogen) atoms. The van der Waals surface area contributed by atoms with Crippen LogP contribution in [0.3, 0.4) is 0 Å². The summed E-state index contributed by atoms with van der Waals surface area (Å²) in [5.74, 6) is 1.04. The number of alkyl carbamates (subject to hydrolysis) is 1. The summed E-state index contributed by atoms with van der Waals surface area (Å²) >= 11 is 0. The smallest absolute Gasteiger partial charge is 0.408 e. The molecule has 1 aliphatic rings. The summed E-state index contributed by atoms with van der Waals surface area (Å²) in [6, 6.07) is 7.78. The van der Waals surface area contributed by atoms with Crippen molar-refractivity contribution in [2.24, 2.45) is 5.92 Å². The zero-order chi connectivity index (χ0) is 22.9. The summed E-state index contributed by atoms with van der Waals surface area (Å²) < 4.78 is 10.3. The van der Waals surface area contributed by atoms with Crippen molar-refractivity contribution in [1.82, 2.24) is 15.5 Å². The molecule has 1 aromatic rings. The lowest BCUT2D eigenvalue weighted by atomic mass is 9.96. The molecular formula is C23H35N3O5. The molecule has 0 aliphatic carbocycles. The first-order valence-electron chi connectivity index (χ1n) is 10.8. The molecule has 3 amide bonds. The molecule has 0 radical (unpaired) electrons. The van der Waals surface area contributed by atoms with Crippen LogP contribution in [0.2, 0.25) is 0 Å². The van der Waals surface area contributed by atoms with E-state index >= 15 is 0 Å². The molecule has 2 N–H and O–H groups in total. The number of carbonyl (C=O) groups excluding carboxylic acids is 3. The van der Waals surface area contributed by atoms with Crippen molar-refractivity contribution in [2.45, 2.75) is 52.1 Å². The summed E-state index contributed by atoms with van der Waals surface area (Å²) in [5, 5.41) is 5.30. The number of amides is 3. The van der Waals surface area contributed by atoms with E-state index in [-0.39, 0.29) is 18.4 Å². The average molecular weight is 434 g/mol. The lowest BCUT2D eigenvalue weighted by Crippen LogP contribution is -2.44. The number of ether oxygens (including phenoxy) is 2. The van der Waals surface area contributed by atoms with Gasteiger partial charge in [-0.3, -0.25) is 9.59 Å². The van der Waals surface area contributed by atoms with E-state index in [1.54, 1.807) is 27.9 Å². The van der Waals surface area contributed by atoms with Crippen molar-refractivity contribution in [2.75, 3.05) is 33.3 Å². The van der Waals surface area contributed by atoms with Crippen LogP contribution in [0.25, 0.3) is 0 Å². The summed E-state index contributed by atoms with van der Waals surface area (Å²) in [6.45, 7) is 7.13. The van der Waals surface area contributed by atoms with Gasteiger partial charge in [0.15, 0.2) is 0 Å². The number of likely N-dealkylation sites (tertiary alicyclic amines) is 1. The Morgan fingerprint density at radius 1 is 1.13 bits per heavy atom. The minimum Gasteiger partial charge on any atom is -0.497 e. The Kier molecular flexibility index (Phi) is 9.15. The van der Waals surface area contributed by atoms with Gasteiger partial charge in [-0.1, -0.05) is 12.1 Å².